The summed E-state index contributed by atoms with van der Waals surface area (Å²) in [6.45, 7) is 3.98. The average molecular weight is 569 g/mol. The Kier molecular flexibility index (Phi) is 6.63. The highest BCUT2D eigenvalue weighted by Gasteiger charge is 2.56. The van der Waals surface area contributed by atoms with E-state index < -0.39 is 4.92 Å². The van der Waals surface area contributed by atoms with Gasteiger partial charge < -0.3 is 14.8 Å². The van der Waals surface area contributed by atoms with Gasteiger partial charge >= 0.3 is 0 Å². The van der Waals surface area contributed by atoms with Crippen molar-refractivity contribution in [3.05, 3.63) is 87.4 Å². The smallest absolute Gasteiger partial charge is 0.285 e. The molecule has 4 heterocycles. The third-order valence-electron chi connectivity index (χ3n) is 7.98. The summed E-state index contributed by atoms with van der Waals surface area (Å²) < 4.78 is 11.1. The molecule has 41 heavy (non-hydrogen) atoms. The Morgan fingerprint density at radius 3 is 2.68 bits per heavy atom. The summed E-state index contributed by atoms with van der Waals surface area (Å²) >= 11 is 6.47. The van der Waals surface area contributed by atoms with Crippen LogP contribution < -0.4 is 10.1 Å². The van der Waals surface area contributed by atoms with E-state index in [-0.39, 0.29) is 18.2 Å². The van der Waals surface area contributed by atoms with Gasteiger partial charge in [0.05, 0.1) is 40.4 Å². The quantitative estimate of drug-likeness (QED) is 0.190. The first-order chi connectivity index (χ1) is 20.0. The molecule has 2 aromatic carbocycles. The zero-order valence-corrected chi connectivity index (χ0v) is 22.6. The van der Waals surface area contributed by atoms with Crippen LogP contribution in [0.3, 0.4) is 0 Å². The van der Waals surface area contributed by atoms with Crippen LogP contribution in [0.4, 0.5) is 17.2 Å². The van der Waals surface area contributed by atoms with Crippen molar-refractivity contribution in [2.45, 2.75) is 12.6 Å². The number of nitro groups is 1. The lowest BCUT2D eigenvalue weighted by atomic mass is 10.1. The molecule has 1 N–H and O–H groups in total. The number of nitro benzene ring substituents is 1. The molecule has 0 bridgehead atoms. The predicted octanol–water partition coefficient (Wildman–Crippen LogP) is 4.84. The van der Waals surface area contributed by atoms with E-state index in [1.807, 2.05) is 18.2 Å². The molecule has 0 spiro atoms. The molecule has 0 radical (unpaired) electrons. The predicted molar refractivity (Wildman–Crippen MR) is 153 cm³/mol. The summed E-state index contributed by atoms with van der Waals surface area (Å²) in [4.78, 5) is 27.0. The number of rotatable bonds is 7. The molecule has 10 nitrogen and oxygen atoms in total. The Morgan fingerprint density at radius 2 is 1.98 bits per heavy atom. The van der Waals surface area contributed by atoms with Gasteiger partial charge in [0.15, 0.2) is 0 Å². The monoisotopic (exact) mass is 568 g/mol. The Balaban J connectivity index is 1.09. The number of nitrogens with zero attached hydrogens (tertiary/aromatic N) is 5. The number of hydrogen-bond acceptors (Lipinski definition) is 9. The van der Waals surface area contributed by atoms with Crippen LogP contribution in [0.25, 0.3) is 10.9 Å². The van der Waals surface area contributed by atoms with Crippen LogP contribution in [-0.4, -0.2) is 57.1 Å². The molecule has 2 saturated heterocycles. The standard InChI is InChI=1S/C30H25ClN6O4/c31-26-10-19(5-7-29(26)41-14-20-3-1-2-8-32-20)35-30-23-11-28(37(38)39)18(9-27(23)33-17-34-30)4-6-22-24-12-36(13-25(22)24)21-15-40-16-21/h1-3,5,7-11,17,21-22,24-25H,12-16H2,(H,33,34,35)/t22?,24-,25+. The summed E-state index contributed by atoms with van der Waals surface area (Å²) in [5.41, 5.74) is 2.28. The first-order valence-electron chi connectivity index (χ1n) is 13.4. The highest BCUT2D eigenvalue weighted by Crippen LogP contribution is 2.52. The number of halogens is 1. The van der Waals surface area contributed by atoms with Crippen molar-refractivity contribution in [1.29, 1.82) is 0 Å². The van der Waals surface area contributed by atoms with Crippen LogP contribution in [0.2, 0.25) is 5.02 Å². The van der Waals surface area contributed by atoms with Crippen molar-refractivity contribution in [2.24, 2.45) is 17.8 Å². The van der Waals surface area contributed by atoms with E-state index in [4.69, 9.17) is 21.1 Å². The van der Waals surface area contributed by atoms with Gasteiger partial charge in [0.25, 0.3) is 5.69 Å². The highest BCUT2D eigenvalue weighted by atomic mass is 35.5. The summed E-state index contributed by atoms with van der Waals surface area (Å²) in [6.07, 6.45) is 3.13. The molecule has 3 fully saturated rings. The number of ether oxygens (including phenoxy) is 2. The molecule has 7 rings (SSSR count). The molecule has 4 aromatic rings. The summed E-state index contributed by atoms with van der Waals surface area (Å²) in [7, 11) is 0. The fraction of sp³-hybridized carbons (Fsp3) is 0.300. The number of pyridine rings is 1. The first-order valence-corrected chi connectivity index (χ1v) is 13.8. The van der Waals surface area contributed by atoms with E-state index >= 15 is 0 Å². The van der Waals surface area contributed by atoms with Gasteiger partial charge in [-0.3, -0.25) is 20.0 Å². The van der Waals surface area contributed by atoms with Gasteiger partial charge in [-0.25, -0.2) is 9.97 Å². The van der Waals surface area contributed by atoms with Crippen molar-refractivity contribution >= 4 is 39.7 Å². The number of likely N-dealkylation sites (tertiary alicyclic amines) is 1. The number of anilines is 2. The molecule has 2 aliphatic heterocycles. The molecular formula is C30H25ClN6O4. The lowest BCUT2D eigenvalue weighted by Crippen LogP contribution is -2.48. The van der Waals surface area contributed by atoms with Crippen molar-refractivity contribution in [2.75, 3.05) is 31.6 Å². The van der Waals surface area contributed by atoms with Crippen molar-refractivity contribution in [3.63, 3.8) is 0 Å². The second-order valence-corrected chi connectivity index (χ2v) is 10.9. The lowest BCUT2D eigenvalue weighted by molar-refractivity contribution is -0.385. The number of hydrogen-bond donors (Lipinski definition) is 1. The van der Waals surface area contributed by atoms with E-state index in [1.165, 1.54) is 12.4 Å². The van der Waals surface area contributed by atoms with E-state index in [0.29, 0.717) is 56.6 Å². The van der Waals surface area contributed by atoms with Crippen LogP contribution in [0.15, 0.2) is 61.1 Å². The van der Waals surface area contributed by atoms with Gasteiger partial charge in [0.2, 0.25) is 0 Å². The molecule has 3 aliphatic rings. The first kappa shape index (κ1) is 25.7. The molecule has 1 unspecified atom stereocenters. The highest BCUT2D eigenvalue weighted by molar-refractivity contribution is 6.32. The number of fused-ring (bicyclic) bond motifs is 2. The number of benzene rings is 2. The third-order valence-corrected chi connectivity index (χ3v) is 8.27. The molecule has 0 amide bonds. The van der Waals surface area contributed by atoms with Crippen LogP contribution >= 0.6 is 11.6 Å². The third kappa shape index (κ3) is 5.15. The van der Waals surface area contributed by atoms with Crippen molar-refractivity contribution in [1.82, 2.24) is 19.9 Å². The number of nitrogens with one attached hydrogen (secondary N) is 1. The maximum absolute atomic E-state index is 12.0. The van der Waals surface area contributed by atoms with Crippen LogP contribution in [-0.2, 0) is 11.3 Å². The molecular weight excluding hydrogens is 544 g/mol. The topological polar surface area (TPSA) is 116 Å². The maximum atomic E-state index is 12.0. The van der Waals surface area contributed by atoms with Crippen LogP contribution in [0, 0.1) is 39.7 Å². The Hall–Kier alpha value is -4.30. The molecule has 2 aromatic heterocycles. The van der Waals surface area contributed by atoms with Gasteiger partial charge in [-0.05, 0) is 48.2 Å². The molecule has 3 atom stereocenters. The number of aromatic nitrogens is 3. The van der Waals surface area contributed by atoms with Crippen LogP contribution in [0.1, 0.15) is 11.3 Å². The largest absolute Gasteiger partial charge is 0.486 e. The van der Waals surface area contributed by atoms with Crippen molar-refractivity contribution in [3.8, 4) is 17.6 Å². The zero-order chi connectivity index (χ0) is 27.9. The van der Waals surface area contributed by atoms with E-state index in [9.17, 15) is 10.1 Å². The Bertz CT molecular complexity index is 1690. The number of piperidine rings is 1. The average Bonchev–Trinajstić information content (AvgIpc) is 3.40. The fourth-order valence-corrected chi connectivity index (χ4v) is 5.81. The Morgan fingerprint density at radius 1 is 1.12 bits per heavy atom. The van der Waals surface area contributed by atoms with E-state index in [1.54, 1.807) is 30.5 Å². The fourth-order valence-electron chi connectivity index (χ4n) is 5.58. The van der Waals surface area contributed by atoms with Gasteiger partial charge in [0, 0.05) is 42.3 Å². The van der Waals surface area contributed by atoms with E-state index in [0.717, 1.165) is 32.0 Å². The molecule has 11 heteroatoms. The zero-order valence-electron chi connectivity index (χ0n) is 21.9. The summed E-state index contributed by atoms with van der Waals surface area (Å²) in [6, 6.07) is 14.6. The van der Waals surface area contributed by atoms with Gasteiger partial charge in [0.1, 0.15) is 30.1 Å². The molecule has 206 valence electrons. The second-order valence-electron chi connectivity index (χ2n) is 10.5. The minimum absolute atomic E-state index is 0.0711. The van der Waals surface area contributed by atoms with E-state index in [2.05, 4.69) is 37.0 Å². The SMILES string of the molecule is O=[N+]([O-])c1cc2c(Nc3ccc(OCc4ccccn4)c(Cl)c3)ncnc2cc1C#CC1[C@H]2CN(C3COC3)C[C@@H]12. The van der Waals surface area contributed by atoms with Gasteiger partial charge in [-0.2, -0.15) is 0 Å². The lowest BCUT2D eigenvalue weighted by Gasteiger charge is -2.35. The van der Waals surface area contributed by atoms with Crippen LogP contribution in [0.5, 0.6) is 5.75 Å². The maximum Gasteiger partial charge on any atom is 0.285 e. The van der Waals surface area contributed by atoms with Gasteiger partial charge in [-0.15, -0.1) is 0 Å². The summed E-state index contributed by atoms with van der Waals surface area (Å²) in [5.74, 6) is 8.72. The minimum Gasteiger partial charge on any atom is -0.486 e. The summed E-state index contributed by atoms with van der Waals surface area (Å²) in [5, 5.41) is 16.1. The molecule has 1 aliphatic carbocycles. The molecule has 1 saturated carbocycles. The second kappa shape index (κ2) is 10.6. The minimum atomic E-state index is -0.406. The normalized spacial score (nSPS) is 21.4. The van der Waals surface area contributed by atoms with Gasteiger partial charge in [-0.1, -0.05) is 29.5 Å². The van der Waals surface area contributed by atoms with Crippen molar-refractivity contribution < 1.29 is 14.4 Å². The Labute approximate surface area is 240 Å².